The van der Waals surface area contributed by atoms with Gasteiger partial charge < -0.3 is 10.2 Å². The molecule has 1 N–H and O–H groups in total. The Balaban J connectivity index is 1.75. The summed E-state index contributed by atoms with van der Waals surface area (Å²) in [6.07, 6.45) is 2.16. The number of hydrogen-bond donors (Lipinski definition) is 1. The van der Waals surface area contributed by atoms with E-state index in [9.17, 15) is 4.39 Å². The highest BCUT2D eigenvalue weighted by Crippen LogP contribution is 2.11. The van der Waals surface area contributed by atoms with Gasteiger partial charge in [0.25, 0.3) is 0 Å². The molecule has 1 atom stereocenters. The van der Waals surface area contributed by atoms with Gasteiger partial charge in [0.15, 0.2) is 0 Å². The molecule has 1 unspecified atom stereocenters. The number of hydrogen-bond acceptors (Lipinski definition) is 2. The van der Waals surface area contributed by atoms with Crippen LogP contribution in [0.3, 0.4) is 0 Å². The third kappa shape index (κ3) is 4.07. The average Bonchev–Trinajstić information content (AvgIpc) is 2.73. The fourth-order valence-electron chi connectivity index (χ4n) is 2.62. The lowest BCUT2D eigenvalue weighted by molar-refractivity contribution is 0.328. The lowest BCUT2D eigenvalue weighted by Crippen LogP contribution is -2.37. The minimum absolute atomic E-state index is 0.131. The molecule has 2 rings (SSSR count). The molecular formula is C15H23FN2. The van der Waals surface area contributed by atoms with Crippen molar-refractivity contribution in [3.05, 3.63) is 35.6 Å². The zero-order chi connectivity index (χ0) is 13.0. The van der Waals surface area contributed by atoms with Crippen molar-refractivity contribution in [1.29, 1.82) is 0 Å². The normalized spacial score (nSPS) is 20.8. The van der Waals surface area contributed by atoms with E-state index in [4.69, 9.17) is 0 Å². The van der Waals surface area contributed by atoms with Gasteiger partial charge in [-0.25, -0.2) is 4.39 Å². The summed E-state index contributed by atoms with van der Waals surface area (Å²) < 4.78 is 13.0. The molecule has 3 heteroatoms. The molecule has 1 aliphatic rings. The van der Waals surface area contributed by atoms with Crippen molar-refractivity contribution in [1.82, 2.24) is 10.2 Å². The van der Waals surface area contributed by atoms with Gasteiger partial charge in [0.1, 0.15) is 5.82 Å². The summed E-state index contributed by atoms with van der Waals surface area (Å²) in [5.41, 5.74) is 1.09. The fourth-order valence-corrected chi connectivity index (χ4v) is 2.62. The Hall–Kier alpha value is -0.930. The van der Waals surface area contributed by atoms with Crippen LogP contribution in [0.25, 0.3) is 0 Å². The van der Waals surface area contributed by atoms with Crippen LogP contribution in [0.1, 0.15) is 25.8 Å². The Morgan fingerprint density at radius 2 is 2.28 bits per heavy atom. The lowest BCUT2D eigenvalue weighted by Gasteiger charge is -2.18. The van der Waals surface area contributed by atoms with Gasteiger partial charge in [-0.15, -0.1) is 0 Å². The maximum atomic E-state index is 13.0. The van der Waals surface area contributed by atoms with Crippen LogP contribution in [0.2, 0.25) is 0 Å². The molecule has 1 aromatic rings. The first-order valence-electron chi connectivity index (χ1n) is 6.86. The SMILES string of the molecule is CC(C)NC1CCN(CCc2cccc(F)c2)C1. The predicted molar refractivity (Wildman–Crippen MR) is 73.2 cm³/mol. The van der Waals surface area contributed by atoms with Crippen molar-refractivity contribution in [2.75, 3.05) is 19.6 Å². The van der Waals surface area contributed by atoms with Gasteiger partial charge in [0.2, 0.25) is 0 Å². The van der Waals surface area contributed by atoms with E-state index in [2.05, 4.69) is 24.1 Å². The smallest absolute Gasteiger partial charge is 0.123 e. The molecule has 0 spiro atoms. The molecule has 18 heavy (non-hydrogen) atoms. The van der Waals surface area contributed by atoms with Crippen LogP contribution in [-0.2, 0) is 6.42 Å². The number of likely N-dealkylation sites (tertiary alicyclic amines) is 1. The Labute approximate surface area is 109 Å². The van der Waals surface area contributed by atoms with E-state index >= 15 is 0 Å². The molecule has 1 heterocycles. The molecule has 1 saturated heterocycles. The highest BCUT2D eigenvalue weighted by atomic mass is 19.1. The summed E-state index contributed by atoms with van der Waals surface area (Å²) in [4.78, 5) is 2.46. The van der Waals surface area contributed by atoms with Crippen molar-refractivity contribution >= 4 is 0 Å². The molecule has 1 fully saturated rings. The summed E-state index contributed by atoms with van der Waals surface area (Å²) >= 11 is 0. The van der Waals surface area contributed by atoms with Crippen LogP contribution in [-0.4, -0.2) is 36.6 Å². The first-order chi connectivity index (χ1) is 8.63. The van der Waals surface area contributed by atoms with Crippen molar-refractivity contribution in [3.8, 4) is 0 Å². The van der Waals surface area contributed by atoms with Gasteiger partial charge in [-0.3, -0.25) is 0 Å². The number of nitrogens with one attached hydrogen (secondary N) is 1. The molecule has 0 saturated carbocycles. The largest absolute Gasteiger partial charge is 0.310 e. The number of benzene rings is 1. The molecule has 1 aliphatic heterocycles. The molecule has 0 amide bonds. The predicted octanol–water partition coefficient (Wildman–Crippen LogP) is 2.44. The van der Waals surface area contributed by atoms with Crippen LogP contribution in [0, 0.1) is 5.82 Å². The Kier molecular flexibility index (Phi) is 4.72. The second-order valence-electron chi connectivity index (χ2n) is 5.49. The first kappa shape index (κ1) is 13.5. The topological polar surface area (TPSA) is 15.3 Å². The fraction of sp³-hybridized carbons (Fsp3) is 0.600. The highest BCUT2D eigenvalue weighted by molar-refractivity contribution is 5.16. The minimum Gasteiger partial charge on any atom is -0.310 e. The van der Waals surface area contributed by atoms with Gasteiger partial charge in [-0.2, -0.15) is 0 Å². The van der Waals surface area contributed by atoms with Gasteiger partial charge in [-0.1, -0.05) is 26.0 Å². The third-order valence-electron chi connectivity index (χ3n) is 3.45. The summed E-state index contributed by atoms with van der Waals surface area (Å²) in [6, 6.07) is 8.11. The Bertz CT molecular complexity index is 379. The summed E-state index contributed by atoms with van der Waals surface area (Å²) in [5.74, 6) is -0.131. The van der Waals surface area contributed by atoms with Crippen LogP contribution in [0.15, 0.2) is 24.3 Å². The van der Waals surface area contributed by atoms with Crippen molar-refractivity contribution < 1.29 is 4.39 Å². The molecule has 1 aromatic carbocycles. The minimum atomic E-state index is -0.131. The van der Waals surface area contributed by atoms with Gasteiger partial charge in [0.05, 0.1) is 0 Å². The molecular weight excluding hydrogens is 227 g/mol. The van der Waals surface area contributed by atoms with Gasteiger partial charge in [-0.05, 0) is 37.1 Å². The van der Waals surface area contributed by atoms with Crippen molar-refractivity contribution in [2.45, 2.75) is 38.8 Å². The molecule has 100 valence electrons. The average molecular weight is 250 g/mol. The van der Waals surface area contributed by atoms with Crippen LogP contribution < -0.4 is 5.32 Å². The number of halogens is 1. The zero-order valence-electron chi connectivity index (χ0n) is 11.3. The summed E-state index contributed by atoms with van der Waals surface area (Å²) in [6.45, 7) is 7.68. The van der Waals surface area contributed by atoms with E-state index in [1.54, 1.807) is 12.1 Å². The van der Waals surface area contributed by atoms with E-state index in [1.807, 2.05) is 6.07 Å². The number of rotatable bonds is 5. The second kappa shape index (κ2) is 6.30. The van der Waals surface area contributed by atoms with E-state index in [1.165, 1.54) is 12.5 Å². The maximum Gasteiger partial charge on any atom is 0.123 e. The van der Waals surface area contributed by atoms with Gasteiger partial charge in [0, 0.05) is 25.2 Å². The summed E-state index contributed by atoms with van der Waals surface area (Å²) in [7, 11) is 0. The van der Waals surface area contributed by atoms with Crippen LogP contribution in [0.5, 0.6) is 0 Å². The maximum absolute atomic E-state index is 13.0. The molecule has 0 aromatic heterocycles. The highest BCUT2D eigenvalue weighted by Gasteiger charge is 2.21. The quantitative estimate of drug-likeness (QED) is 0.863. The standard InChI is InChI=1S/C15H23FN2/c1-12(2)17-15-7-9-18(11-15)8-6-13-4-3-5-14(16)10-13/h3-5,10,12,15,17H,6-9,11H2,1-2H3. The lowest BCUT2D eigenvalue weighted by atomic mass is 10.1. The van der Waals surface area contributed by atoms with E-state index in [-0.39, 0.29) is 5.82 Å². The third-order valence-corrected chi connectivity index (χ3v) is 3.45. The monoisotopic (exact) mass is 250 g/mol. The zero-order valence-corrected chi connectivity index (χ0v) is 11.3. The van der Waals surface area contributed by atoms with Crippen LogP contribution >= 0.6 is 0 Å². The Morgan fingerprint density at radius 3 is 3.00 bits per heavy atom. The first-order valence-corrected chi connectivity index (χ1v) is 6.86. The van der Waals surface area contributed by atoms with Gasteiger partial charge >= 0.3 is 0 Å². The van der Waals surface area contributed by atoms with Crippen molar-refractivity contribution in [2.24, 2.45) is 0 Å². The number of nitrogens with zero attached hydrogens (tertiary/aromatic N) is 1. The van der Waals surface area contributed by atoms with E-state index < -0.39 is 0 Å². The van der Waals surface area contributed by atoms with Crippen molar-refractivity contribution in [3.63, 3.8) is 0 Å². The van der Waals surface area contributed by atoms with Crippen LogP contribution in [0.4, 0.5) is 4.39 Å². The van der Waals surface area contributed by atoms with E-state index in [0.29, 0.717) is 12.1 Å². The molecule has 2 nitrogen and oxygen atoms in total. The summed E-state index contributed by atoms with van der Waals surface area (Å²) in [5, 5.41) is 3.58. The second-order valence-corrected chi connectivity index (χ2v) is 5.49. The van der Waals surface area contributed by atoms with E-state index in [0.717, 1.165) is 31.6 Å². The Morgan fingerprint density at radius 1 is 1.44 bits per heavy atom. The molecule has 0 radical (unpaired) electrons. The molecule has 0 bridgehead atoms. The molecule has 0 aliphatic carbocycles.